The molecule has 1 amide bonds. The van der Waals surface area contributed by atoms with Gasteiger partial charge in [-0.1, -0.05) is 48.5 Å². The van der Waals surface area contributed by atoms with Gasteiger partial charge in [0.05, 0.1) is 17.6 Å². The van der Waals surface area contributed by atoms with Crippen LogP contribution in [0.5, 0.6) is 0 Å². The van der Waals surface area contributed by atoms with Gasteiger partial charge in [0.2, 0.25) is 0 Å². The summed E-state index contributed by atoms with van der Waals surface area (Å²) in [5.41, 5.74) is 3.50. The van der Waals surface area contributed by atoms with E-state index in [1.807, 2.05) is 42.5 Å². The molecular formula is C29H25N3O4S. The van der Waals surface area contributed by atoms with Gasteiger partial charge in [0.1, 0.15) is 22.2 Å². The minimum Gasteiger partial charge on any atom is -0.462 e. The van der Waals surface area contributed by atoms with Gasteiger partial charge in [0, 0.05) is 10.4 Å². The number of esters is 1. The highest BCUT2D eigenvalue weighted by atomic mass is 32.1. The molecule has 2 aromatic heterocycles. The molecule has 8 heteroatoms. The molecule has 1 atom stereocenters. The lowest BCUT2D eigenvalue weighted by atomic mass is 9.88. The molecule has 0 saturated carbocycles. The minimum atomic E-state index is -0.576. The van der Waals surface area contributed by atoms with Gasteiger partial charge in [0.15, 0.2) is 5.76 Å². The maximum Gasteiger partial charge on any atom is 0.341 e. The molecule has 0 aliphatic heterocycles. The second-order valence-electron chi connectivity index (χ2n) is 9.05. The third-order valence-electron chi connectivity index (χ3n) is 6.43. The van der Waals surface area contributed by atoms with E-state index >= 15 is 0 Å². The summed E-state index contributed by atoms with van der Waals surface area (Å²) in [6.45, 7) is 4.17. The zero-order chi connectivity index (χ0) is 25.9. The predicted octanol–water partition coefficient (Wildman–Crippen LogP) is 6.40. The van der Waals surface area contributed by atoms with E-state index in [1.165, 1.54) is 17.4 Å². The van der Waals surface area contributed by atoms with Gasteiger partial charge in [-0.05, 0) is 61.4 Å². The van der Waals surface area contributed by atoms with Crippen LogP contribution in [0, 0.1) is 17.2 Å². The second kappa shape index (κ2) is 10.4. The first kappa shape index (κ1) is 24.5. The third kappa shape index (κ3) is 4.91. The highest BCUT2D eigenvalue weighted by molar-refractivity contribution is 7.17. The van der Waals surface area contributed by atoms with Crippen LogP contribution in [0.1, 0.15) is 46.6 Å². The molecular weight excluding hydrogens is 486 g/mol. The molecule has 0 bridgehead atoms. The molecule has 2 heterocycles. The Morgan fingerprint density at radius 2 is 2.08 bits per heavy atom. The Morgan fingerprint density at radius 1 is 1.27 bits per heavy atom. The van der Waals surface area contributed by atoms with Gasteiger partial charge >= 0.3 is 5.97 Å². The maximum absolute atomic E-state index is 13.2. The fourth-order valence-corrected chi connectivity index (χ4v) is 5.98. The number of carbonyl (C=O) groups excluding carboxylic acids is 2. The van der Waals surface area contributed by atoms with E-state index in [1.54, 1.807) is 19.1 Å². The van der Waals surface area contributed by atoms with Crippen molar-refractivity contribution in [3.8, 4) is 17.4 Å². The van der Waals surface area contributed by atoms with Crippen molar-refractivity contribution in [2.24, 2.45) is 5.92 Å². The number of hydrogen-bond donors (Lipinski definition) is 1. The van der Waals surface area contributed by atoms with Crippen LogP contribution in [0.15, 0.2) is 58.6 Å². The molecule has 1 aliphatic rings. The van der Waals surface area contributed by atoms with E-state index in [9.17, 15) is 14.9 Å². The lowest BCUT2D eigenvalue weighted by molar-refractivity contribution is -0.112. The van der Waals surface area contributed by atoms with E-state index in [0.29, 0.717) is 33.3 Å². The van der Waals surface area contributed by atoms with E-state index in [0.717, 1.165) is 40.7 Å². The van der Waals surface area contributed by atoms with Crippen molar-refractivity contribution in [1.82, 2.24) is 5.16 Å². The second-order valence-corrected chi connectivity index (χ2v) is 10.2. The number of nitriles is 1. The van der Waals surface area contributed by atoms with Gasteiger partial charge in [-0.15, -0.1) is 11.3 Å². The van der Waals surface area contributed by atoms with Crippen molar-refractivity contribution in [3.63, 3.8) is 0 Å². The number of benzene rings is 2. The van der Waals surface area contributed by atoms with Crippen LogP contribution in [0.3, 0.4) is 0 Å². The van der Waals surface area contributed by atoms with Crippen LogP contribution in [0.4, 0.5) is 5.00 Å². The molecule has 5 rings (SSSR count). The van der Waals surface area contributed by atoms with Crippen molar-refractivity contribution >= 4 is 45.2 Å². The Hall–Kier alpha value is -4.22. The third-order valence-corrected chi connectivity index (χ3v) is 7.60. The average molecular weight is 512 g/mol. The van der Waals surface area contributed by atoms with Gasteiger partial charge in [-0.3, -0.25) is 4.79 Å². The maximum atomic E-state index is 13.2. The smallest absolute Gasteiger partial charge is 0.341 e. The molecule has 1 N–H and O–H groups in total. The van der Waals surface area contributed by atoms with Crippen LogP contribution in [0.2, 0.25) is 0 Å². The molecule has 0 fully saturated rings. The van der Waals surface area contributed by atoms with Crippen molar-refractivity contribution in [3.05, 3.63) is 75.7 Å². The zero-order valence-electron chi connectivity index (χ0n) is 20.5. The summed E-state index contributed by atoms with van der Waals surface area (Å²) in [4.78, 5) is 27.0. The van der Waals surface area contributed by atoms with E-state index in [-0.39, 0.29) is 12.2 Å². The molecule has 2 aromatic carbocycles. The molecule has 7 nitrogen and oxygen atoms in total. The fourth-order valence-electron chi connectivity index (χ4n) is 4.59. The Morgan fingerprint density at radius 3 is 2.84 bits per heavy atom. The summed E-state index contributed by atoms with van der Waals surface area (Å²) in [7, 11) is 0. The van der Waals surface area contributed by atoms with Crippen molar-refractivity contribution in [2.75, 3.05) is 11.9 Å². The largest absolute Gasteiger partial charge is 0.462 e. The lowest BCUT2D eigenvalue weighted by Crippen LogP contribution is -2.17. The van der Waals surface area contributed by atoms with E-state index in [4.69, 9.17) is 9.26 Å². The first-order chi connectivity index (χ1) is 18.0. The number of aromatic nitrogens is 1. The topological polar surface area (TPSA) is 105 Å². The number of nitrogens with zero attached hydrogens (tertiary/aromatic N) is 2. The van der Waals surface area contributed by atoms with Crippen molar-refractivity contribution in [2.45, 2.75) is 33.1 Å². The number of carbonyl (C=O) groups is 2. The first-order valence-electron chi connectivity index (χ1n) is 12.2. The molecule has 0 saturated heterocycles. The first-order valence-corrected chi connectivity index (χ1v) is 13.0. The summed E-state index contributed by atoms with van der Waals surface area (Å²) in [5, 5.41) is 18.0. The van der Waals surface area contributed by atoms with Crippen LogP contribution in [-0.4, -0.2) is 23.6 Å². The number of fused-ring (bicyclic) bond motifs is 2. The SMILES string of the molecule is CCOC(=O)c1c(NC(=O)/C(C#N)=C/c2ccc3noc(-c4ccccc4)c3c2)sc2c1CCC(C)C2. The molecule has 0 spiro atoms. The highest BCUT2D eigenvalue weighted by Gasteiger charge is 2.29. The Kier molecular flexibility index (Phi) is 6.89. The van der Waals surface area contributed by atoms with Gasteiger partial charge in [0.25, 0.3) is 5.91 Å². The van der Waals surface area contributed by atoms with Gasteiger partial charge in [-0.25, -0.2) is 4.79 Å². The quantitative estimate of drug-likeness (QED) is 0.182. The molecule has 37 heavy (non-hydrogen) atoms. The van der Waals surface area contributed by atoms with Crippen LogP contribution >= 0.6 is 11.3 Å². The molecule has 1 aliphatic carbocycles. The van der Waals surface area contributed by atoms with Crippen LogP contribution < -0.4 is 5.32 Å². The standard InChI is InChI=1S/C29H25N3O4S/c1-3-35-29(34)25-21-11-9-17(2)13-24(21)37-28(25)31-27(33)20(16-30)14-18-10-12-23-22(15-18)26(36-32-23)19-7-5-4-6-8-19/h4-8,10,12,14-15,17H,3,9,11,13H2,1-2H3,(H,31,33)/b20-14+. The zero-order valence-corrected chi connectivity index (χ0v) is 21.4. The number of amides is 1. The predicted molar refractivity (Wildman–Crippen MR) is 143 cm³/mol. The van der Waals surface area contributed by atoms with Crippen LogP contribution in [-0.2, 0) is 22.4 Å². The average Bonchev–Trinajstić information content (AvgIpc) is 3.48. The Balaban J connectivity index is 1.46. The summed E-state index contributed by atoms with van der Waals surface area (Å²) < 4.78 is 10.8. The number of thiophene rings is 1. The molecule has 186 valence electrons. The number of rotatable bonds is 6. The van der Waals surface area contributed by atoms with E-state index < -0.39 is 11.9 Å². The number of nitrogens with one attached hydrogen (secondary N) is 1. The summed E-state index contributed by atoms with van der Waals surface area (Å²) >= 11 is 1.39. The summed E-state index contributed by atoms with van der Waals surface area (Å²) in [6.07, 6.45) is 4.12. The normalized spacial score (nSPS) is 15.2. The number of ether oxygens (including phenoxy) is 1. The van der Waals surface area contributed by atoms with Crippen molar-refractivity contribution < 1.29 is 18.8 Å². The summed E-state index contributed by atoms with van der Waals surface area (Å²) in [6, 6.07) is 17.0. The molecule has 4 aromatic rings. The minimum absolute atomic E-state index is 0.0772. The molecule has 1 unspecified atom stereocenters. The Labute approximate surface area is 218 Å². The number of anilines is 1. The van der Waals surface area contributed by atoms with Crippen LogP contribution in [0.25, 0.3) is 28.3 Å². The fraction of sp³-hybridized carbons (Fsp3) is 0.241. The van der Waals surface area contributed by atoms with Gasteiger partial charge < -0.3 is 14.6 Å². The lowest BCUT2D eigenvalue weighted by Gasteiger charge is -2.18. The van der Waals surface area contributed by atoms with E-state index in [2.05, 4.69) is 17.4 Å². The van der Waals surface area contributed by atoms with Crippen molar-refractivity contribution in [1.29, 1.82) is 5.26 Å². The number of hydrogen-bond acceptors (Lipinski definition) is 7. The highest BCUT2D eigenvalue weighted by Crippen LogP contribution is 2.40. The monoisotopic (exact) mass is 511 g/mol. The molecule has 0 radical (unpaired) electrons. The summed E-state index contributed by atoms with van der Waals surface area (Å²) in [5.74, 6) is 0.103. The van der Waals surface area contributed by atoms with Gasteiger partial charge in [-0.2, -0.15) is 5.26 Å². The Bertz CT molecular complexity index is 1560.